The molecule has 0 aliphatic carbocycles. The zero-order valence-corrected chi connectivity index (χ0v) is 11.1. The third-order valence-electron chi connectivity index (χ3n) is 3.72. The SMILES string of the molecule is Cc1ccc(-c2ccc(O)c3ccccc23)cc1C. The van der Waals surface area contributed by atoms with Crippen LogP contribution in [0, 0.1) is 13.8 Å². The van der Waals surface area contributed by atoms with Crippen LogP contribution in [0.25, 0.3) is 21.9 Å². The Morgan fingerprint density at radius 1 is 0.737 bits per heavy atom. The molecular weight excluding hydrogens is 232 g/mol. The molecule has 0 aliphatic rings. The van der Waals surface area contributed by atoms with Crippen molar-refractivity contribution in [3.05, 3.63) is 65.7 Å². The Morgan fingerprint density at radius 3 is 2.21 bits per heavy atom. The first kappa shape index (κ1) is 11.8. The molecule has 19 heavy (non-hydrogen) atoms. The van der Waals surface area contributed by atoms with E-state index < -0.39 is 0 Å². The minimum atomic E-state index is 0.336. The van der Waals surface area contributed by atoms with Crippen LogP contribution in [0.2, 0.25) is 0 Å². The number of rotatable bonds is 1. The lowest BCUT2D eigenvalue weighted by Gasteiger charge is -2.10. The van der Waals surface area contributed by atoms with Crippen LogP contribution in [-0.2, 0) is 0 Å². The van der Waals surface area contributed by atoms with E-state index in [9.17, 15) is 5.11 Å². The average molecular weight is 248 g/mol. The van der Waals surface area contributed by atoms with Crippen molar-refractivity contribution in [2.45, 2.75) is 13.8 Å². The van der Waals surface area contributed by atoms with Crippen molar-refractivity contribution in [3.63, 3.8) is 0 Å². The van der Waals surface area contributed by atoms with E-state index in [1.165, 1.54) is 16.7 Å². The summed E-state index contributed by atoms with van der Waals surface area (Å²) in [6, 6.07) is 18.2. The van der Waals surface area contributed by atoms with Crippen molar-refractivity contribution in [2.24, 2.45) is 0 Å². The Bertz CT molecular complexity index is 757. The summed E-state index contributed by atoms with van der Waals surface area (Å²) in [5.74, 6) is 0.336. The molecule has 0 aliphatic heterocycles. The molecule has 0 heterocycles. The topological polar surface area (TPSA) is 20.2 Å². The predicted octanol–water partition coefficient (Wildman–Crippen LogP) is 4.83. The normalized spacial score (nSPS) is 10.8. The summed E-state index contributed by atoms with van der Waals surface area (Å²) in [7, 11) is 0. The van der Waals surface area contributed by atoms with Crippen molar-refractivity contribution in [2.75, 3.05) is 0 Å². The first-order valence-electron chi connectivity index (χ1n) is 6.45. The molecule has 0 atom stereocenters. The molecule has 0 spiro atoms. The van der Waals surface area contributed by atoms with Gasteiger partial charge in [-0.3, -0.25) is 0 Å². The van der Waals surface area contributed by atoms with Gasteiger partial charge in [-0.15, -0.1) is 0 Å². The van der Waals surface area contributed by atoms with E-state index in [0.29, 0.717) is 5.75 Å². The van der Waals surface area contributed by atoms with Gasteiger partial charge in [0.25, 0.3) is 0 Å². The summed E-state index contributed by atoms with van der Waals surface area (Å²) in [6.07, 6.45) is 0. The summed E-state index contributed by atoms with van der Waals surface area (Å²) in [5, 5.41) is 11.9. The molecule has 0 saturated carbocycles. The van der Waals surface area contributed by atoms with E-state index in [4.69, 9.17) is 0 Å². The van der Waals surface area contributed by atoms with Gasteiger partial charge in [-0.05, 0) is 47.6 Å². The maximum absolute atomic E-state index is 9.94. The molecule has 1 heteroatoms. The maximum atomic E-state index is 9.94. The molecule has 3 aromatic carbocycles. The van der Waals surface area contributed by atoms with Gasteiger partial charge in [0.1, 0.15) is 5.75 Å². The van der Waals surface area contributed by atoms with Crippen LogP contribution < -0.4 is 0 Å². The van der Waals surface area contributed by atoms with E-state index in [-0.39, 0.29) is 0 Å². The minimum Gasteiger partial charge on any atom is -0.507 e. The molecule has 94 valence electrons. The quantitative estimate of drug-likeness (QED) is 0.654. The minimum absolute atomic E-state index is 0.336. The zero-order chi connectivity index (χ0) is 13.4. The second-order valence-electron chi connectivity index (χ2n) is 4.98. The lowest BCUT2D eigenvalue weighted by atomic mass is 9.95. The molecule has 0 bridgehead atoms. The molecule has 0 unspecified atom stereocenters. The number of hydrogen-bond acceptors (Lipinski definition) is 1. The van der Waals surface area contributed by atoms with Crippen LogP contribution in [-0.4, -0.2) is 5.11 Å². The highest BCUT2D eigenvalue weighted by atomic mass is 16.3. The number of fused-ring (bicyclic) bond motifs is 1. The Morgan fingerprint density at radius 2 is 1.47 bits per heavy atom. The van der Waals surface area contributed by atoms with Crippen LogP contribution in [0.5, 0.6) is 5.75 Å². The van der Waals surface area contributed by atoms with E-state index in [0.717, 1.165) is 16.3 Å². The van der Waals surface area contributed by atoms with Gasteiger partial charge in [-0.25, -0.2) is 0 Å². The summed E-state index contributed by atoms with van der Waals surface area (Å²) >= 11 is 0. The van der Waals surface area contributed by atoms with Crippen LogP contribution in [0.1, 0.15) is 11.1 Å². The maximum Gasteiger partial charge on any atom is 0.123 e. The van der Waals surface area contributed by atoms with E-state index in [2.05, 4.69) is 38.1 Å². The third-order valence-corrected chi connectivity index (χ3v) is 3.72. The second-order valence-corrected chi connectivity index (χ2v) is 4.98. The molecule has 0 saturated heterocycles. The highest BCUT2D eigenvalue weighted by Crippen LogP contribution is 2.34. The highest BCUT2D eigenvalue weighted by molar-refractivity contribution is 5.99. The fraction of sp³-hybridized carbons (Fsp3) is 0.111. The smallest absolute Gasteiger partial charge is 0.123 e. The van der Waals surface area contributed by atoms with Crippen molar-refractivity contribution in [3.8, 4) is 16.9 Å². The van der Waals surface area contributed by atoms with Gasteiger partial charge < -0.3 is 5.11 Å². The molecular formula is C18H16O. The molecule has 3 rings (SSSR count). The second kappa shape index (κ2) is 4.43. The first-order chi connectivity index (χ1) is 9.16. The van der Waals surface area contributed by atoms with Crippen LogP contribution in [0.4, 0.5) is 0 Å². The van der Waals surface area contributed by atoms with Gasteiger partial charge in [-0.1, -0.05) is 48.5 Å². The number of aromatic hydroxyl groups is 1. The molecule has 0 fully saturated rings. The number of hydrogen-bond donors (Lipinski definition) is 1. The Hall–Kier alpha value is -2.28. The molecule has 0 radical (unpaired) electrons. The van der Waals surface area contributed by atoms with Crippen molar-refractivity contribution < 1.29 is 5.11 Å². The van der Waals surface area contributed by atoms with Gasteiger partial charge >= 0.3 is 0 Å². The Kier molecular flexibility index (Phi) is 2.75. The average Bonchev–Trinajstić information content (AvgIpc) is 2.43. The largest absolute Gasteiger partial charge is 0.507 e. The van der Waals surface area contributed by atoms with Gasteiger partial charge in [0.2, 0.25) is 0 Å². The summed E-state index contributed by atoms with van der Waals surface area (Å²) in [5.41, 5.74) is 4.94. The molecule has 0 aromatic heterocycles. The predicted molar refractivity (Wildman–Crippen MR) is 80.5 cm³/mol. The van der Waals surface area contributed by atoms with Gasteiger partial charge in [-0.2, -0.15) is 0 Å². The summed E-state index contributed by atoms with van der Waals surface area (Å²) in [6.45, 7) is 4.25. The number of phenolic OH excluding ortho intramolecular Hbond substituents is 1. The Labute approximate surface area is 113 Å². The Balaban J connectivity index is 2.31. The van der Waals surface area contributed by atoms with Gasteiger partial charge in [0.15, 0.2) is 0 Å². The lowest BCUT2D eigenvalue weighted by molar-refractivity contribution is 0.481. The van der Waals surface area contributed by atoms with Crippen molar-refractivity contribution in [1.29, 1.82) is 0 Å². The standard InChI is InChI=1S/C18H16O/c1-12-7-8-14(11-13(12)2)15-9-10-18(19)17-6-4-3-5-16(15)17/h3-11,19H,1-2H3. The fourth-order valence-electron chi connectivity index (χ4n) is 2.44. The van der Waals surface area contributed by atoms with E-state index in [1.807, 2.05) is 24.3 Å². The van der Waals surface area contributed by atoms with E-state index >= 15 is 0 Å². The number of aryl methyl sites for hydroxylation is 2. The molecule has 1 nitrogen and oxygen atoms in total. The fourth-order valence-corrected chi connectivity index (χ4v) is 2.44. The zero-order valence-electron chi connectivity index (χ0n) is 11.1. The van der Waals surface area contributed by atoms with Gasteiger partial charge in [0, 0.05) is 5.39 Å². The summed E-state index contributed by atoms with van der Waals surface area (Å²) in [4.78, 5) is 0. The van der Waals surface area contributed by atoms with Gasteiger partial charge in [0.05, 0.1) is 0 Å². The first-order valence-corrected chi connectivity index (χ1v) is 6.45. The van der Waals surface area contributed by atoms with Crippen LogP contribution in [0.15, 0.2) is 54.6 Å². The molecule has 1 N–H and O–H groups in total. The monoisotopic (exact) mass is 248 g/mol. The van der Waals surface area contributed by atoms with Crippen molar-refractivity contribution >= 4 is 10.8 Å². The van der Waals surface area contributed by atoms with Crippen molar-refractivity contribution in [1.82, 2.24) is 0 Å². The summed E-state index contributed by atoms with van der Waals surface area (Å²) < 4.78 is 0. The third kappa shape index (κ3) is 1.97. The number of phenols is 1. The lowest BCUT2D eigenvalue weighted by Crippen LogP contribution is -1.85. The molecule has 3 aromatic rings. The molecule has 0 amide bonds. The van der Waals surface area contributed by atoms with E-state index in [1.54, 1.807) is 6.07 Å². The number of benzene rings is 3. The highest BCUT2D eigenvalue weighted by Gasteiger charge is 2.07. The van der Waals surface area contributed by atoms with Crippen LogP contribution in [0.3, 0.4) is 0 Å². The van der Waals surface area contributed by atoms with Crippen LogP contribution >= 0.6 is 0 Å².